The molecule has 0 radical (unpaired) electrons. The minimum atomic E-state index is -0.117. The largest absolute Gasteiger partial charge is 0.456 e. The molecule has 1 aromatic heterocycles. The minimum Gasteiger partial charge on any atom is -0.456 e. The van der Waals surface area contributed by atoms with Gasteiger partial charge < -0.3 is 4.42 Å². The van der Waals surface area contributed by atoms with Crippen molar-refractivity contribution in [2.24, 2.45) is 0 Å². The predicted octanol–water partition coefficient (Wildman–Crippen LogP) is 14.3. The molecule has 0 amide bonds. The summed E-state index contributed by atoms with van der Waals surface area (Å²) in [6.45, 7) is 4.74. The molecule has 1 nitrogen and oxygen atoms in total. The molecule has 0 saturated heterocycles. The highest BCUT2D eigenvalue weighted by Gasteiger charge is 2.36. The second-order valence-corrected chi connectivity index (χ2v) is 14.8. The lowest BCUT2D eigenvalue weighted by atomic mass is 9.81. The van der Waals surface area contributed by atoms with Gasteiger partial charge in [-0.2, -0.15) is 0 Å². The molecule has 0 unspecified atom stereocenters. The molecule has 52 heavy (non-hydrogen) atoms. The molecule has 0 bridgehead atoms. The van der Waals surface area contributed by atoms with Crippen LogP contribution in [0.2, 0.25) is 0 Å². The molecule has 0 aliphatic heterocycles. The van der Waals surface area contributed by atoms with Gasteiger partial charge in [-0.25, -0.2) is 0 Å². The van der Waals surface area contributed by atoms with E-state index in [0.29, 0.717) is 0 Å². The zero-order chi connectivity index (χ0) is 34.8. The van der Waals surface area contributed by atoms with E-state index in [4.69, 9.17) is 4.42 Å². The van der Waals surface area contributed by atoms with Crippen LogP contribution in [0.15, 0.2) is 174 Å². The second kappa shape index (κ2) is 12.0. The Balaban J connectivity index is 1.17. The van der Waals surface area contributed by atoms with E-state index in [1.165, 1.54) is 88.0 Å². The van der Waals surface area contributed by atoms with Gasteiger partial charge in [0.25, 0.3) is 0 Å². The highest BCUT2D eigenvalue weighted by atomic mass is 16.3. The van der Waals surface area contributed by atoms with Crippen molar-refractivity contribution in [2.75, 3.05) is 0 Å². The summed E-state index contributed by atoms with van der Waals surface area (Å²) in [5, 5.41) is 7.37. The van der Waals surface area contributed by atoms with Crippen LogP contribution in [0.1, 0.15) is 48.9 Å². The highest BCUT2D eigenvalue weighted by molar-refractivity contribution is 6.20. The second-order valence-electron chi connectivity index (χ2n) is 14.8. The first-order valence-electron chi connectivity index (χ1n) is 18.4. The van der Waals surface area contributed by atoms with E-state index >= 15 is 0 Å². The lowest BCUT2D eigenvalue weighted by Gasteiger charge is -2.22. The lowest BCUT2D eigenvalue weighted by molar-refractivity contribution is 0.661. The fraction of sp³-hybridized carbons (Fsp3) is 0.0980. The monoisotopic (exact) mass is 666 g/mol. The van der Waals surface area contributed by atoms with E-state index in [-0.39, 0.29) is 5.41 Å². The maximum absolute atomic E-state index is 6.31. The first-order valence-corrected chi connectivity index (χ1v) is 18.4. The number of allylic oxidation sites excluding steroid dienone is 4. The van der Waals surface area contributed by atoms with Gasteiger partial charge in [-0.15, -0.1) is 0 Å². The number of hydrogen-bond acceptors (Lipinski definition) is 1. The molecular weight excluding hydrogens is 629 g/mol. The molecule has 2 aliphatic carbocycles. The molecule has 0 fully saturated rings. The van der Waals surface area contributed by atoms with E-state index in [9.17, 15) is 0 Å². The number of para-hydroxylation sites is 1. The number of fused-ring (bicyclic) bond motifs is 9. The average molecular weight is 667 g/mol. The van der Waals surface area contributed by atoms with E-state index < -0.39 is 0 Å². The standard InChI is InChI=1S/C51H38O/c1-51(2)46-28-26-36(30-44(46)45-32-43-37(31-47(45)51)27-29-49-50(43)42-20-12-13-21-48(42)52-49)39-17-9-4-3-8-16-38(40-18-10-11-19-41(39)40)35-24-22-34(23-25-35)33-14-6-5-7-15-33/h3-22,24,26-32H,23,25H2,1-2H3. The third kappa shape index (κ3) is 4.84. The van der Waals surface area contributed by atoms with Crippen molar-refractivity contribution in [2.45, 2.75) is 32.1 Å². The fourth-order valence-corrected chi connectivity index (χ4v) is 8.81. The molecule has 0 spiro atoms. The molecule has 7 aromatic carbocycles. The smallest absolute Gasteiger partial charge is 0.136 e. The number of rotatable bonds is 3. The van der Waals surface area contributed by atoms with Crippen LogP contribution in [0.4, 0.5) is 0 Å². The van der Waals surface area contributed by atoms with Gasteiger partial charge in [0.05, 0.1) is 0 Å². The van der Waals surface area contributed by atoms with Crippen molar-refractivity contribution in [1.82, 2.24) is 0 Å². The summed E-state index contributed by atoms with van der Waals surface area (Å²) in [4.78, 5) is 0. The molecule has 8 aromatic rings. The maximum Gasteiger partial charge on any atom is 0.136 e. The van der Waals surface area contributed by atoms with Crippen molar-refractivity contribution >= 4 is 54.6 Å². The quantitative estimate of drug-likeness (QED) is 0.183. The summed E-state index contributed by atoms with van der Waals surface area (Å²) in [5.41, 5.74) is 14.9. The topological polar surface area (TPSA) is 13.1 Å². The lowest BCUT2D eigenvalue weighted by Crippen LogP contribution is -2.14. The number of furan rings is 1. The Kier molecular flexibility index (Phi) is 7.05. The Bertz CT molecular complexity index is 2860. The molecule has 1 heterocycles. The summed E-state index contributed by atoms with van der Waals surface area (Å²) in [6.07, 6.45) is 6.69. The summed E-state index contributed by atoms with van der Waals surface area (Å²) in [5.74, 6) is 0. The van der Waals surface area contributed by atoms with Crippen molar-refractivity contribution < 1.29 is 4.42 Å². The van der Waals surface area contributed by atoms with Crippen molar-refractivity contribution in [3.8, 4) is 22.3 Å². The molecule has 1 heteroatoms. The maximum atomic E-state index is 6.31. The van der Waals surface area contributed by atoms with Crippen LogP contribution in [0, 0.1) is 0 Å². The van der Waals surface area contributed by atoms with Crippen LogP contribution in [-0.4, -0.2) is 0 Å². The van der Waals surface area contributed by atoms with E-state index in [1.54, 1.807) is 0 Å². The third-order valence-electron chi connectivity index (χ3n) is 11.5. The van der Waals surface area contributed by atoms with Gasteiger partial charge in [-0.3, -0.25) is 0 Å². The minimum absolute atomic E-state index is 0.117. The molecule has 0 N–H and O–H groups in total. The van der Waals surface area contributed by atoms with Crippen molar-refractivity contribution in [3.05, 3.63) is 192 Å². The first kappa shape index (κ1) is 30.6. The summed E-state index contributed by atoms with van der Waals surface area (Å²) in [7, 11) is 0. The van der Waals surface area contributed by atoms with Crippen LogP contribution in [0.5, 0.6) is 0 Å². The SMILES string of the molecule is CC1(C)c2ccc(-c3ccccccc(C4=CC=C(c5ccccc5)CC4)c4ccccc34)cc2-c2cc3c(ccc4oc5ccccc5c43)cc21. The number of benzene rings is 6. The van der Waals surface area contributed by atoms with Gasteiger partial charge >= 0.3 is 0 Å². The summed E-state index contributed by atoms with van der Waals surface area (Å²) >= 11 is 0. The average Bonchev–Trinajstić information content (AvgIpc) is 3.68. The number of hydrogen-bond donors (Lipinski definition) is 0. The fourth-order valence-electron chi connectivity index (χ4n) is 8.81. The molecular formula is C51H38O. The van der Waals surface area contributed by atoms with Gasteiger partial charge in [0, 0.05) is 16.2 Å². The van der Waals surface area contributed by atoms with Gasteiger partial charge in [0.15, 0.2) is 0 Å². The third-order valence-corrected chi connectivity index (χ3v) is 11.5. The predicted molar refractivity (Wildman–Crippen MR) is 221 cm³/mol. The molecule has 248 valence electrons. The van der Waals surface area contributed by atoms with Crippen LogP contribution < -0.4 is 0 Å². The van der Waals surface area contributed by atoms with E-state index in [1.807, 2.05) is 6.07 Å². The normalized spacial score (nSPS) is 14.6. The molecule has 2 aliphatic rings. The Morgan fingerprint density at radius 3 is 1.85 bits per heavy atom. The molecule has 10 rings (SSSR count). The summed E-state index contributed by atoms with van der Waals surface area (Å²) < 4.78 is 6.31. The Morgan fingerprint density at radius 1 is 0.423 bits per heavy atom. The first-order chi connectivity index (χ1) is 25.5. The van der Waals surface area contributed by atoms with E-state index in [0.717, 1.165) is 24.0 Å². The summed E-state index contributed by atoms with van der Waals surface area (Å²) in [6, 6.07) is 57.7. The van der Waals surface area contributed by atoms with Gasteiger partial charge in [-0.1, -0.05) is 153 Å². The van der Waals surface area contributed by atoms with E-state index in [2.05, 4.69) is 178 Å². The molecule has 0 atom stereocenters. The van der Waals surface area contributed by atoms with Crippen LogP contribution in [0.3, 0.4) is 0 Å². The van der Waals surface area contributed by atoms with Crippen LogP contribution in [-0.2, 0) is 5.41 Å². The highest BCUT2D eigenvalue weighted by Crippen LogP contribution is 2.52. The van der Waals surface area contributed by atoms with Crippen molar-refractivity contribution in [3.63, 3.8) is 0 Å². The zero-order valence-corrected chi connectivity index (χ0v) is 29.5. The van der Waals surface area contributed by atoms with Crippen LogP contribution in [0.25, 0.3) is 76.9 Å². The zero-order valence-electron chi connectivity index (χ0n) is 29.5. The molecule has 0 saturated carbocycles. The van der Waals surface area contributed by atoms with Gasteiger partial charge in [0.2, 0.25) is 0 Å². The van der Waals surface area contributed by atoms with Gasteiger partial charge in [-0.05, 0) is 120 Å². The van der Waals surface area contributed by atoms with Gasteiger partial charge in [0.1, 0.15) is 11.2 Å². The Labute approximate surface area is 304 Å². The van der Waals surface area contributed by atoms with Crippen molar-refractivity contribution in [1.29, 1.82) is 0 Å². The van der Waals surface area contributed by atoms with Crippen LogP contribution >= 0.6 is 0 Å². The Morgan fingerprint density at radius 2 is 1.06 bits per heavy atom. The Hall–Kier alpha value is -6.18.